The molecule has 0 spiro atoms. The zero-order chi connectivity index (χ0) is 14.4. The first-order valence-corrected chi connectivity index (χ1v) is 7.33. The largest absolute Gasteiger partial charge is 0.349 e. The van der Waals surface area contributed by atoms with Gasteiger partial charge in [-0.05, 0) is 30.9 Å². The van der Waals surface area contributed by atoms with Crippen LogP contribution in [0.5, 0.6) is 0 Å². The molecule has 0 saturated heterocycles. The summed E-state index contributed by atoms with van der Waals surface area (Å²) in [4.78, 5) is 12.4. The normalized spacial score (nSPS) is 15.1. The van der Waals surface area contributed by atoms with Crippen molar-refractivity contribution in [3.05, 3.63) is 35.4 Å². The Morgan fingerprint density at radius 3 is 2.85 bits per heavy atom. The smallest absolute Gasteiger partial charge is 0.252 e. The highest BCUT2D eigenvalue weighted by molar-refractivity contribution is 5.96. The zero-order valence-corrected chi connectivity index (χ0v) is 12.0. The molecule has 1 atom stereocenters. The molecule has 2 rings (SSSR count). The van der Waals surface area contributed by atoms with E-state index in [-0.39, 0.29) is 11.9 Å². The number of hydrogen-bond acceptors (Lipinski definition) is 2. The molecule has 3 heteroatoms. The molecule has 0 aromatic heterocycles. The molecule has 1 amide bonds. The predicted octanol–water partition coefficient (Wildman–Crippen LogP) is 2.31. The monoisotopic (exact) mass is 270 g/mol. The summed E-state index contributed by atoms with van der Waals surface area (Å²) in [7, 11) is 0. The van der Waals surface area contributed by atoms with Gasteiger partial charge in [0.05, 0.1) is 12.1 Å². The van der Waals surface area contributed by atoms with Gasteiger partial charge in [0.1, 0.15) is 0 Å². The molecule has 3 N–H and O–H groups in total. The van der Waals surface area contributed by atoms with Crippen LogP contribution in [0.4, 0.5) is 0 Å². The van der Waals surface area contributed by atoms with Crippen LogP contribution in [0.2, 0.25) is 0 Å². The SMILES string of the molecule is CCC(CC1CC1)NC(=O)c1ccccc1C#CCN. The quantitative estimate of drug-likeness (QED) is 0.807. The second-order valence-corrected chi connectivity index (χ2v) is 5.31. The van der Waals surface area contributed by atoms with Crippen LogP contribution in [0.3, 0.4) is 0 Å². The van der Waals surface area contributed by atoms with Gasteiger partial charge < -0.3 is 11.1 Å². The van der Waals surface area contributed by atoms with Gasteiger partial charge in [-0.3, -0.25) is 4.79 Å². The number of nitrogens with two attached hydrogens (primary N) is 1. The van der Waals surface area contributed by atoms with Crippen molar-refractivity contribution < 1.29 is 4.79 Å². The lowest BCUT2D eigenvalue weighted by molar-refractivity contribution is 0.0932. The first-order chi connectivity index (χ1) is 9.74. The lowest BCUT2D eigenvalue weighted by atomic mass is 10.0. The van der Waals surface area contributed by atoms with Gasteiger partial charge in [-0.25, -0.2) is 0 Å². The van der Waals surface area contributed by atoms with Crippen molar-refractivity contribution in [3.63, 3.8) is 0 Å². The third-order valence-electron chi connectivity index (χ3n) is 3.64. The summed E-state index contributed by atoms with van der Waals surface area (Å²) in [5.41, 5.74) is 6.78. The highest BCUT2D eigenvalue weighted by Crippen LogP contribution is 2.34. The summed E-state index contributed by atoms with van der Waals surface area (Å²) in [5, 5.41) is 3.13. The maximum atomic E-state index is 12.4. The van der Waals surface area contributed by atoms with Crippen LogP contribution in [-0.4, -0.2) is 18.5 Å². The first-order valence-electron chi connectivity index (χ1n) is 7.33. The number of amides is 1. The topological polar surface area (TPSA) is 55.1 Å². The number of carbonyl (C=O) groups excluding carboxylic acids is 1. The molecule has 1 aliphatic rings. The maximum absolute atomic E-state index is 12.4. The van der Waals surface area contributed by atoms with Crippen LogP contribution < -0.4 is 11.1 Å². The van der Waals surface area contributed by atoms with Gasteiger partial charge in [0.2, 0.25) is 0 Å². The summed E-state index contributed by atoms with van der Waals surface area (Å²) >= 11 is 0. The molecular weight excluding hydrogens is 248 g/mol. The lowest BCUT2D eigenvalue weighted by Gasteiger charge is -2.17. The molecule has 0 radical (unpaired) electrons. The number of carbonyl (C=O) groups is 1. The van der Waals surface area contributed by atoms with E-state index < -0.39 is 0 Å². The Kier molecular flexibility index (Phi) is 5.20. The summed E-state index contributed by atoms with van der Waals surface area (Å²) in [6.07, 6.45) is 4.69. The highest BCUT2D eigenvalue weighted by Gasteiger charge is 2.25. The van der Waals surface area contributed by atoms with Crippen molar-refractivity contribution in [3.8, 4) is 11.8 Å². The Hall–Kier alpha value is -1.79. The molecule has 1 aromatic carbocycles. The van der Waals surface area contributed by atoms with Gasteiger partial charge in [-0.1, -0.05) is 43.7 Å². The third kappa shape index (κ3) is 4.11. The summed E-state index contributed by atoms with van der Waals surface area (Å²) in [6.45, 7) is 2.42. The van der Waals surface area contributed by atoms with Crippen LogP contribution >= 0.6 is 0 Å². The Bertz CT molecular complexity index is 523. The minimum atomic E-state index is -0.0283. The highest BCUT2D eigenvalue weighted by atomic mass is 16.1. The number of hydrogen-bond donors (Lipinski definition) is 2. The van der Waals surface area contributed by atoms with E-state index in [2.05, 4.69) is 24.1 Å². The molecule has 0 bridgehead atoms. The fourth-order valence-corrected chi connectivity index (χ4v) is 2.28. The molecule has 3 nitrogen and oxygen atoms in total. The Morgan fingerprint density at radius 2 is 2.20 bits per heavy atom. The summed E-state index contributed by atoms with van der Waals surface area (Å²) in [6, 6.07) is 7.70. The molecule has 1 unspecified atom stereocenters. The standard InChI is InChI=1S/C17H22N2O/c1-2-15(12-13-9-10-13)19-17(20)16-8-4-3-6-14(16)7-5-11-18/h3-4,6,8,13,15H,2,9-12,18H2,1H3,(H,19,20). The molecule has 20 heavy (non-hydrogen) atoms. The molecule has 0 aliphatic heterocycles. The van der Waals surface area contributed by atoms with Gasteiger partial charge in [0.25, 0.3) is 5.91 Å². The lowest BCUT2D eigenvalue weighted by Crippen LogP contribution is -2.35. The van der Waals surface area contributed by atoms with Gasteiger partial charge in [0, 0.05) is 11.6 Å². The van der Waals surface area contributed by atoms with E-state index in [1.165, 1.54) is 12.8 Å². The van der Waals surface area contributed by atoms with E-state index in [0.717, 1.165) is 24.3 Å². The maximum Gasteiger partial charge on any atom is 0.252 e. The number of rotatable bonds is 5. The molecule has 1 fully saturated rings. The molecule has 1 aromatic rings. The molecular formula is C17H22N2O. The second kappa shape index (κ2) is 7.12. The van der Waals surface area contributed by atoms with Crippen LogP contribution in [0.25, 0.3) is 0 Å². The van der Waals surface area contributed by atoms with Crippen LogP contribution in [0, 0.1) is 17.8 Å². The van der Waals surface area contributed by atoms with E-state index in [9.17, 15) is 4.79 Å². The van der Waals surface area contributed by atoms with Crippen LogP contribution in [-0.2, 0) is 0 Å². The third-order valence-corrected chi connectivity index (χ3v) is 3.64. The minimum absolute atomic E-state index is 0.0283. The van der Waals surface area contributed by atoms with Crippen molar-refractivity contribution in [2.45, 2.75) is 38.6 Å². The number of nitrogens with one attached hydrogen (secondary N) is 1. The number of benzene rings is 1. The van der Waals surface area contributed by atoms with E-state index in [4.69, 9.17) is 5.73 Å². The van der Waals surface area contributed by atoms with E-state index in [1.54, 1.807) is 0 Å². The van der Waals surface area contributed by atoms with Crippen molar-refractivity contribution >= 4 is 5.91 Å². The molecule has 1 aliphatic carbocycles. The van der Waals surface area contributed by atoms with Crippen molar-refractivity contribution in [2.75, 3.05) is 6.54 Å². The Morgan fingerprint density at radius 1 is 1.45 bits per heavy atom. The van der Waals surface area contributed by atoms with Crippen LogP contribution in [0.15, 0.2) is 24.3 Å². The van der Waals surface area contributed by atoms with Gasteiger partial charge in [-0.2, -0.15) is 0 Å². The summed E-state index contributed by atoms with van der Waals surface area (Å²) in [5.74, 6) is 6.55. The van der Waals surface area contributed by atoms with Crippen molar-refractivity contribution in [1.29, 1.82) is 0 Å². The molecule has 1 saturated carbocycles. The second-order valence-electron chi connectivity index (χ2n) is 5.31. The van der Waals surface area contributed by atoms with E-state index in [0.29, 0.717) is 12.1 Å². The van der Waals surface area contributed by atoms with Crippen molar-refractivity contribution in [2.24, 2.45) is 11.7 Å². The van der Waals surface area contributed by atoms with Gasteiger partial charge in [-0.15, -0.1) is 0 Å². The fourth-order valence-electron chi connectivity index (χ4n) is 2.28. The molecule has 106 valence electrons. The van der Waals surface area contributed by atoms with E-state index >= 15 is 0 Å². The first kappa shape index (κ1) is 14.6. The van der Waals surface area contributed by atoms with E-state index in [1.807, 2.05) is 24.3 Å². The predicted molar refractivity (Wildman–Crippen MR) is 81.3 cm³/mol. The van der Waals surface area contributed by atoms with Gasteiger partial charge >= 0.3 is 0 Å². The molecule has 0 heterocycles. The average Bonchev–Trinajstić information content (AvgIpc) is 3.28. The van der Waals surface area contributed by atoms with Gasteiger partial charge in [0.15, 0.2) is 0 Å². The fraction of sp³-hybridized carbons (Fsp3) is 0.471. The Labute approximate surface area is 120 Å². The average molecular weight is 270 g/mol. The zero-order valence-electron chi connectivity index (χ0n) is 12.0. The van der Waals surface area contributed by atoms with Crippen LogP contribution in [0.1, 0.15) is 48.5 Å². The summed E-state index contributed by atoms with van der Waals surface area (Å²) < 4.78 is 0. The minimum Gasteiger partial charge on any atom is -0.349 e. The van der Waals surface area contributed by atoms with Crippen molar-refractivity contribution in [1.82, 2.24) is 5.32 Å². The Balaban J connectivity index is 2.07.